The van der Waals surface area contributed by atoms with Gasteiger partial charge in [-0.2, -0.15) is 5.10 Å². The standard InChI is InChI=1S/C16H22N4O/c1-16(2,3)14(17)15(21)19-13-9-18-20(11-13)10-12-7-5-4-6-8-12/h4-9,11,14H,10,17H2,1-3H3,(H,19,21)/t14-/m1/s1. The van der Waals surface area contributed by atoms with E-state index in [0.717, 1.165) is 5.56 Å². The van der Waals surface area contributed by atoms with Crippen LogP contribution in [0, 0.1) is 5.41 Å². The van der Waals surface area contributed by atoms with E-state index in [9.17, 15) is 4.79 Å². The van der Waals surface area contributed by atoms with E-state index in [1.54, 1.807) is 17.1 Å². The number of nitrogens with one attached hydrogen (secondary N) is 1. The second kappa shape index (κ2) is 6.10. The molecule has 0 aliphatic carbocycles. The number of anilines is 1. The number of rotatable bonds is 4. The number of amides is 1. The van der Waals surface area contributed by atoms with Crippen LogP contribution < -0.4 is 11.1 Å². The lowest BCUT2D eigenvalue weighted by molar-refractivity contribution is -0.119. The molecule has 0 spiro atoms. The molecule has 0 saturated heterocycles. The molecular formula is C16H22N4O. The predicted octanol–water partition coefficient (Wildman–Crippen LogP) is 2.24. The molecule has 0 aliphatic heterocycles. The summed E-state index contributed by atoms with van der Waals surface area (Å²) in [6.45, 7) is 6.49. The van der Waals surface area contributed by atoms with E-state index in [0.29, 0.717) is 12.2 Å². The number of carbonyl (C=O) groups excluding carboxylic acids is 1. The van der Waals surface area contributed by atoms with Crippen molar-refractivity contribution in [2.24, 2.45) is 11.1 Å². The number of hydrogen-bond donors (Lipinski definition) is 2. The average molecular weight is 286 g/mol. The molecule has 112 valence electrons. The first-order valence-corrected chi connectivity index (χ1v) is 6.99. The highest BCUT2D eigenvalue weighted by atomic mass is 16.2. The van der Waals surface area contributed by atoms with Gasteiger partial charge in [0.2, 0.25) is 5.91 Å². The fourth-order valence-corrected chi connectivity index (χ4v) is 1.90. The topological polar surface area (TPSA) is 72.9 Å². The van der Waals surface area contributed by atoms with Crippen LogP contribution in [0.4, 0.5) is 5.69 Å². The van der Waals surface area contributed by atoms with Gasteiger partial charge in [0, 0.05) is 6.20 Å². The fourth-order valence-electron chi connectivity index (χ4n) is 1.90. The lowest BCUT2D eigenvalue weighted by atomic mass is 9.87. The Balaban J connectivity index is 1.99. The Kier molecular flexibility index (Phi) is 4.43. The van der Waals surface area contributed by atoms with Gasteiger partial charge in [0.1, 0.15) is 0 Å². The van der Waals surface area contributed by atoms with Gasteiger partial charge in [-0.15, -0.1) is 0 Å². The Morgan fingerprint density at radius 1 is 1.33 bits per heavy atom. The molecule has 2 rings (SSSR count). The van der Waals surface area contributed by atoms with Gasteiger partial charge in [0.15, 0.2) is 0 Å². The molecule has 5 heteroatoms. The van der Waals surface area contributed by atoms with E-state index >= 15 is 0 Å². The van der Waals surface area contributed by atoms with Crippen LogP contribution in [-0.4, -0.2) is 21.7 Å². The molecule has 0 saturated carbocycles. The number of hydrogen-bond acceptors (Lipinski definition) is 3. The van der Waals surface area contributed by atoms with Gasteiger partial charge >= 0.3 is 0 Å². The Morgan fingerprint density at radius 3 is 2.62 bits per heavy atom. The molecule has 1 aromatic heterocycles. The smallest absolute Gasteiger partial charge is 0.241 e. The summed E-state index contributed by atoms with van der Waals surface area (Å²) in [6.07, 6.45) is 3.44. The summed E-state index contributed by atoms with van der Waals surface area (Å²) in [5.41, 5.74) is 7.48. The maximum Gasteiger partial charge on any atom is 0.241 e. The van der Waals surface area contributed by atoms with E-state index in [1.165, 1.54) is 0 Å². The van der Waals surface area contributed by atoms with Crippen molar-refractivity contribution in [3.8, 4) is 0 Å². The van der Waals surface area contributed by atoms with Crippen molar-refractivity contribution in [2.45, 2.75) is 33.4 Å². The van der Waals surface area contributed by atoms with Crippen LogP contribution in [0.25, 0.3) is 0 Å². The van der Waals surface area contributed by atoms with Gasteiger partial charge in [-0.1, -0.05) is 51.1 Å². The van der Waals surface area contributed by atoms with E-state index in [4.69, 9.17) is 5.73 Å². The van der Waals surface area contributed by atoms with Crippen molar-refractivity contribution in [1.82, 2.24) is 9.78 Å². The van der Waals surface area contributed by atoms with Crippen molar-refractivity contribution in [2.75, 3.05) is 5.32 Å². The maximum atomic E-state index is 12.1. The first-order valence-electron chi connectivity index (χ1n) is 6.99. The van der Waals surface area contributed by atoms with Gasteiger partial charge in [-0.05, 0) is 11.0 Å². The average Bonchev–Trinajstić information content (AvgIpc) is 2.85. The summed E-state index contributed by atoms with van der Waals surface area (Å²) in [5, 5.41) is 7.05. The van der Waals surface area contributed by atoms with Gasteiger partial charge in [0.25, 0.3) is 0 Å². The molecule has 0 fully saturated rings. The minimum atomic E-state index is -0.560. The van der Waals surface area contributed by atoms with E-state index in [-0.39, 0.29) is 11.3 Å². The lowest BCUT2D eigenvalue weighted by Gasteiger charge is -2.25. The van der Waals surface area contributed by atoms with Gasteiger partial charge in [-0.3, -0.25) is 9.48 Å². The Hall–Kier alpha value is -2.14. The Labute approximate surface area is 125 Å². The minimum Gasteiger partial charge on any atom is -0.322 e. The molecule has 1 atom stereocenters. The predicted molar refractivity (Wildman–Crippen MR) is 83.8 cm³/mol. The summed E-state index contributed by atoms with van der Waals surface area (Å²) >= 11 is 0. The van der Waals surface area contributed by atoms with Crippen LogP contribution in [-0.2, 0) is 11.3 Å². The SMILES string of the molecule is CC(C)(C)[C@H](N)C(=O)Nc1cnn(Cc2ccccc2)c1. The van der Waals surface area contributed by atoms with Crippen molar-refractivity contribution in [3.05, 3.63) is 48.3 Å². The maximum absolute atomic E-state index is 12.1. The molecule has 5 nitrogen and oxygen atoms in total. The fraction of sp³-hybridized carbons (Fsp3) is 0.375. The highest BCUT2D eigenvalue weighted by Gasteiger charge is 2.27. The zero-order valence-electron chi connectivity index (χ0n) is 12.7. The molecule has 0 aliphatic rings. The molecule has 1 amide bonds. The van der Waals surface area contributed by atoms with Crippen molar-refractivity contribution in [1.29, 1.82) is 0 Å². The van der Waals surface area contributed by atoms with Crippen molar-refractivity contribution >= 4 is 11.6 Å². The summed E-state index contributed by atoms with van der Waals surface area (Å²) in [5.74, 6) is -0.193. The molecule has 1 aromatic carbocycles. The van der Waals surface area contributed by atoms with E-state index < -0.39 is 6.04 Å². The number of benzene rings is 1. The van der Waals surface area contributed by atoms with Crippen LogP contribution in [0.2, 0.25) is 0 Å². The zero-order chi connectivity index (χ0) is 15.5. The summed E-state index contributed by atoms with van der Waals surface area (Å²) in [4.78, 5) is 12.1. The number of nitrogens with two attached hydrogens (primary N) is 1. The molecule has 21 heavy (non-hydrogen) atoms. The zero-order valence-corrected chi connectivity index (χ0v) is 12.7. The van der Waals surface area contributed by atoms with E-state index in [2.05, 4.69) is 10.4 Å². The largest absolute Gasteiger partial charge is 0.322 e. The van der Waals surface area contributed by atoms with Crippen LogP contribution in [0.3, 0.4) is 0 Å². The first-order chi connectivity index (χ1) is 9.86. The Bertz CT molecular complexity index is 598. The molecule has 3 N–H and O–H groups in total. The molecule has 1 heterocycles. The van der Waals surface area contributed by atoms with Crippen LogP contribution in [0.1, 0.15) is 26.3 Å². The summed E-state index contributed by atoms with van der Waals surface area (Å²) < 4.78 is 1.79. The highest BCUT2D eigenvalue weighted by molar-refractivity contribution is 5.94. The van der Waals surface area contributed by atoms with Gasteiger partial charge in [-0.25, -0.2) is 0 Å². The normalized spacial score (nSPS) is 13.0. The summed E-state index contributed by atoms with van der Waals surface area (Å²) in [7, 11) is 0. The van der Waals surface area contributed by atoms with Crippen LogP contribution in [0.15, 0.2) is 42.7 Å². The quantitative estimate of drug-likeness (QED) is 0.905. The molecule has 0 radical (unpaired) electrons. The van der Waals surface area contributed by atoms with Crippen LogP contribution >= 0.6 is 0 Å². The molecule has 0 unspecified atom stereocenters. The first kappa shape index (κ1) is 15.3. The molecule has 0 bridgehead atoms. The van der Waals surface area contributed by atoms with E-state index in [1.807, 2.05) is 51.1 Å². The molecular weight excluding hydrogens is 264 g/mol. The summed E-state index contributed by atoms with van der Waals surface area (Å²) in [6, 6.07) is 9.47. The third-order valence-electron chi connectivity index (χ3n) is 3.30. The number of carbonyl (C=O) groups is 1. The number of nitrogens with zero attached hydrogens (tertiary/aromatic N) is 2. The van der Waals surface area contributed by atoms with Crippen LogP contribution in [0.5, 0.6) is 0 Å². The molecule has 2 aromatic rings. The van der Waals surface area contributed by atoms with Gasteiger partial charge < -0.3 is 11.1 Å². The third kappa shape index (κ3) is 4.16. The van der Waals surface area contributed by atoms with Crippen molar-refractivity contribution in [3.63, 3.8) is 0 Å². The van der Waals surface area contributed by atoms with Gasteiger partial charge in [0.05, 0.1) is 24.5 Å². The third-order valence-corrected chi connectivity index (χ3v) is 3.30. The van der Waals surface area contributed by atoms with Crippen molar-refractivity contribution < 1.29 is 4.79 Å². The monoisotopic (exact) mass is 286 g/mol. The number of aromatic nitrogens is 2. The Morgan fingerprint density at radius 2 is 2.00 bits per heavy atom. The second-order valence-electron chi connectivity index (χ2n) is 6.25. The minimum absolute atomic E-state index is 0.193. The highest BCUT2D eigenvalue weighted by Crippen LogP contribution is 2.18. The second-order valence-corrected chi connectivity index (χ2v) is 6.25. The lowest BCUT2D eigenvalue weighted by Crippen LogP contribution is -2.45.